The maximum Gasteiger partial charge on any atom is 0.290 e. The Balaban J connectivity index is 1.33. The SMILES string of the molecule is COc1ccc(C(=O)N2CCN(C(=O)c3oc4c(ccc5ccccc54)c3C)CC2)cc1. The average molecular weight is 428 g/mol. The fraction of sp³-hybridized carbons (Fsp3) is 0.231. The van der Waals surface area contributed by atoms with Gasteiger partial charge in [0.1, 0.15) is 11.3 Å². The van der Waals surface area contributed by atoms with Gasteiger partial charge >= 0.3 is 0 Å². The Hall–Kier alpha value is -3.80. The quantitative estimate of drug-likeness (QED) is 0.482. The first-order valence-electron chi connectivity index (χ1n) is 10.7. The third kappa shape index (κ3) is 3.38. The van der Waals surface area contributed by atoms with Crippen molar-refractivity contribution in [3.05, 3.63) is 77.6 Å². The van der Waals surface area contributed by atoms with Crippen LogP contribution in [0.1, 0.15) is 26.5 Å². The molecule has 0 spiro atoms. The van der Waals surface area contributed by atoms with Crippen LogP contribution in [0.15, 0.2) is 65.1 Å². The van der Waals surface area contributed by atoms with E-state index in [1.165, 1.54) is 0 Å². The number of benzene rings is 3. The minimum atomic E-state index is -0.126. The minimum absolute atomic E-state index is 0.0360. The van der Waals surface area contributed by atoms with Crippen molar-refractivity contribution in [2.75, 3.05) is 33.3 Å². The summed E-state index contributed by atoms with van der Waals surface area (Å²) < 4.78 is 11.3. The van der Waals surface area contributed by atoms with Crippen LogP contribution in [-0.4, -0.2) is 54.9 Å². The number of carbonyl (C=O) groups excluding carboxylic acids is 2. The molecule has 1 fully saturated rings. The second-order valence-corrected chi connectivity index (χ2v) is 8.03. The van der Waals surface area contributed by atoms with E-state index in [1.54, 1.807) is 41.2 Å². The van der Waals surface area contributed by atoms with Gasteiger partial charge in [-0.1, -0.05) is 36.4 Å². The highest BCUT2D eigenvalue weighted by molar-refractivity contribution is 6.09. The molecule has 0 saturated carbocycles. The predicted octanol–water partition coefficient (Wildman–Crippen LogP) is 4.50. The Labute approximate surface area is 186 Å². The Morgan fingerprint density at radius 3 is 2.16 bits per heavy atom. The number of hydrogen-bond acceptors (Lipinski definition) is 4. The van der Waals surface area contributed by atoms with Crippen molar-refractivity contribution < 1.29 is 18.7 Å². The zero-order chi connectivity index (χ0) is 22.2. The van der Waals surface area contributed by atoms with E-state index in [4.69, 9.17) is 9.15 Å². The number of carbonyl (C=O) groups is 2. The summed E-state index contributed by atoms with van der Waals surface area (Å²) in [6.07, 6.45) is 0. The van der Waals surface area contributed by atoms with Crippen molar-refractivity contribution in [3.8, 4) is 5.75 Å². The number of rotatable bonds is 3. The Morgan fingerprint density at radius 2 is 1.47 bits per heavy atom. The van der Waals surface area contributed by atoms with E-state index >= 15 is 0 Å². The topological polar surface area (TPSA) is 63.0 Å². The number of piperazine rings is 1. The predicted molar refractivity (Wildman–Crippen MR) is 123 cm³/mol. The van der Waals surface area contributed by atoms with E-state index in [0.717, 1.165) is 27.3 Å². The summed E-state index contributed by atoms with van der Waals surface area (Å²) in [5.74, 6) is 0.933. The van der Waals surface area contributed by atoms with Gasteiger partial charge in [0.15, 0.2) is 5.76 Å². The average Bonchev–Trinajstić information content (AvgIpc) is 3.20. The van der Waals surface area contributed by atoms with Crippen molar-refractivity contribution in [2.45, 2.75) is 6.92 Å². The third-order valence-corrected chi connectivity index (χ3v) is 6.21. The maximum atomic E-state index is 13.3. The molecule has 0 bridgehead atoms. The van der Waals surface area contributed by atoms with Crippen LogP contribution in [0.3, 0.4) is 0 Å². The van der Waals surface area contributed by atoms with E-state index in [0.29, 0.717) is 43.3 Å². The van der Waals surface area contributed by atoms with Crippen LogP contribution in [-0.2, 0) is 0 Å². The molecule has 0 aliphatic carbocycles. The molecule has 0 unspecified atom stereocenters. The summed E-state index contributed by atoms with van der Waals surface area (Å²) in [6, 6.07) is 19.2. The monoisotopic (exact) mass is 428 g/mol. The van der Waals surface area contributed by atoms with E-state index in [9.17, 15) is 9.59 Å². The standard InChI is InChI=1S/C26H24N2O4/c1-17-21-12-9-18-5-3-4-6-22(18)24(21)32-23(17)26(30)28-15-13-27(14-16-28)25(29)19-7-10-20(31-2)11-8-19/h3-12H,13-16H2,1-2H3. The molecule has 1 aliphatic heterocycles. The Morgan fingerprint density at radius 1 is 0.812 bits per heavy atom. The summed E-state index contributed by atoms with van der Waals surface area (Å²) in [6.45, 7) is 3.84. The molecular weight excluding hydrogens is 404 g/mol. The lowest BCUT2D eigenvalue weighted by atomic mass is 10.1. The Kier molecular flexibility index (Phi) is 5.05. The first-order valence-corrected chi connectivity index (χ1v) is 10.7. The normalized spacial score (nSPS) is 14.2. The van der Waals surface area contributed by atoms with E-state index in [-0.39, 0.29) is 11.8 Å². The molecule has 2 heterocycles. The fourth-order valence-electron chi connectivity index (χ4n) is 4.33. The van der Waals surface area contributed by atoms with Gasteiger partial charge in [0, 0.05) is 48.1 Å². The summed E-state index contributed by atoms with van der Waals surface area (Å²) in [7, 11) is 1.60. The van der Waals surface area contributed by atoms with E-state index in [2.05, 4.69) is 6.07 Å². The zero-order valence-electron chi connectivity index (χ0n) is 18.1. The molecule has 0 N–H and O–H groups in total. The molecule has 5 rings (SSSR count). The van der Waals surface area contributed by atoms with Crippen LogP contribution in [0.2, 0.25) is 0 Å². The molecule has 162 valence electrons. The van der Waals surface area contributed by atoms with E-state index < -0.39 is 0 Å². The van der Waals surface area contributed by atoms with Crippen LogP contribution >= 0.6 is 0 Å². The van der Waals surface area contributed by atoms with Gasteiger partial charge in [-0.3, -0.25) is 9.59 Å². The molecule has 4 aromatic rings. The molecule has 1 saturated heterocycles. The first kappa shape index (κ1) is 20.1. The summed E-state index contributed by atoms with van der Waals surface area (Å²) in [5, 5.41) is 3.04. The van der Waals surface area contributed by atoms with Gasteiger partial charge in [0.2, 0.25) is 0 Å². The van der Waals surface area contributed by atoms with Crippen LogP contribution < -0.4 is 4.74 Å². The van der Waals surface area contributed by atoms with Gasteiger partial charge in [0.25, 0.3) is 11.8 Å². The minimum Gasteiger partial charge on any atom is -0.497 e. The van der Waals surface area contributed by atoms with E-state index in [1.807, 2.05) is 37.3 Å². The molecular formula is C26H24N2O4. The fourth-order valence-corrected chi connectivity index (χ4v) is 4.33. The molecule has 6 heteroatoms. The number of methoxy groups -OCH3 is 1. The molecule has 2 amide bonds. The van der Waals surface area contributed by atoms with Crippen molar-refractivity contribution in [2.24, 2.45) is 0 Å². The number of aryl methyl sites for hydroxylation is 1. The zero-order valence-corrected chi connectivity index (χ0v) is 18.1. The molecule has 32 heavy (non-hydrogen) atoms. The van der Waals surface area contributed by atoms with Gasteiger partial charge < -0.3 is 19.0 Å². The first-order chi connectivity index (χ1) is 15.6. The van der Waals surface area contributed by atoms with Crippen molar-refractivity contribution >= 4 is 33.6 Å². The van der Waals surface area contributed by atoms with Crippen molar-refractivity contribution in [1.82, 2.24) is 9.80 Å². The second-order valence-electron chi connectivity index (χ2n) is 8.03. The smallest absolute Gasteiger partial charge is 0.290 e. The highest BCUT2D eigenvalue weighted by Gasteiger charge is 2.29. The van der Waals surface area contributed by atoms with Gasteiger partial charge in [-0.2, -0.15) is 0 Å². The Bertz CT molecular complexity index is 1320. The number of amides is 2. The van der Waals surface area contributed by atoms with Crippen LogP contribution in [0.5, 0.6) is 5.75 Å². The number of ether oxygens (including phenoxy) is 1. The third-order valence-electron chi connectivity index (χ3n) is 6.21. The largest absolute Gasteiger partial charge is 0.497 e. The van der Waals surface area contributed by atoms with Crippen molar-refractivity contribution in [3.63, 3.8) is 0 Å². The van der Waals surface area contributed by atoms with Gasteiger partial charge in [-0.25, -0.2) is 0 Å². The van der Waals surface area contributed by atoms with Gasteiger partial charge in [-0.05, 0) is 36.6 Å². The summed E-state index contributed by atoms with van der Waals surface area (Å²) in [5.41, 5.74) is 2.22. The highest BCUT2D eigenvalue weighted by Crippen LogP contribution is 2.32. The lowest BCUT2D eigenvalue weighted by molar-refractivity contribution is 0.0519. The molecule has 6 nitrogen and oxygen atoms in total. The van der Waals surface area contributed by atoms with Crippen molar-refractivity contribution in [1.29, 1.82) is 0 Å². The van der Waals surface area contributed by atoms with Crippen LogP contribution in [0.25, 0.3) is 21.7 Å². The van der Waals surface area contributed by atoms with Gasteiger partial charge in [0.05, 0.1) is 7.11 Å². The van der Waals surface area contributed by atoms with Gasteiger partial charge in [-0.15, -0.1) is 0 Å². The number of furan rings is 1. The number of hydrogen-bond donors (Lipinski definition) is 0. The number of fused-ring (bicyclic) bond motifs is 3. The molecule has 1 aliphatic rings. The lowest BCUT2D eigenvalue weighted by Crippen LogP contribution is -2.50. The molecule has 0 atom stereocenters. The molecule has 1 aromatic heterocycles. The molecule has 3 aromatic carbocycles. The highest BCUT2D eigenvalue weighted by atomic mass is 16.5. The summed E-state index contributed by atoms with van der Waals surface area (Å²) >= 11 is 0. The lowest BCUT2D eigenvalue weighted by Gasteiger charge is -2.34. The second kappa shape index (κ2) is 8.04. The summed E-state index contributed by atoms with van der Waals surface area (Å²) in [4.78, 5) is 29.6. The molecule has 0 radical (unpaired) electrons. The maximum absolute atomic E-state index is 13.3. The van der Waals surface area contributed by atoms with Crippen LogP contribution in [0.4, 0.5) is 0 Å². The van der Waals surface area contributed by atoms with Crippen LogP contribution in [0, 0.1) is 6.92 Å². The number of nitrogens with zero attached hydrogens (tertiary/aromatic N) is 2.